The number of hydrogen-bond acceptors (Lipinski definition) is 1. The predicted molar refractivity (Wildman–Crippen MR) is 51.0 cm³/mol. The van der Waals surface area contributed by atoms with Crippen molar-refractivity contribution in [2.24, 2.45) is 5.92 Å². The van der Waals surface area contributed by atoms with Crippen LogP contribution < -0.4 is 0 Å². The zero-order valence-corrected chi connectivity index (χ0v) is 7.94. The fourth-order valence-corrected chi connectivity index (χ4v) is 1.78. The van der Waals surface area contributed by atoms with Gasteiger partial charge in [0, 0.05) is 12.3 Å². The highest BCUT2D eigenvalue weighted by Gasteiger charge is 2.21. The van der Waals surface area contributed by atoms with E-state index in [1.807, 2.05) is 6.92 Å². The van der Waals surface area contributed by atoms with Gasteiger partial charge in [0.1, 0.15) is 5.78 Å². The first-order chi connectivity index (χ1) is 5.70. The lowest BCUT2D eigenvalue weighted by atomic mass is 9.84. The minimum atomic E-state index is 0.357. The Balaban J connectivity index is 2.29. The van der Waals surface area contributed by atoms with Crippen LogP contribution in [0.3, 0.4) is 0 Å². The quantitative estimate of drug-likeness (QED) is 0.589. The van der Waals surface area contributed by atoms with Gasteiger partial charge in [-0.25, -0.2) is 0 Å². The van der Waals surface area contributed by atoms with Crippen molar-refractivity contribution in [2.45, 2.75) is 45.4 Å². The fourth-order valence-electron chi connectivity index (χ4n) is 1.78. The predicted octanol–water partition coefficient (Wildman–Crippen LogP) is 3.10. The number of allylic oxidation sites excluding steroid dienone is 1. The number of ketones is 1. The van der Waals surface area contributed by atoms with Gasteiger partial charge in [0.15, 0.2) is 0 Å². The second-order valence-corrected chi connectivity index (χ2v) is 3.90. The summed E-state index contributed by atoms with van der Waals surface area (Å²) in [6, 6.07) is 0. The monoisotopic (exact) mass is 166 g/mol. The maximum absolute atomic E-state index is 11.4. The summed E-state index contributed by atoms with van der Waals surface area (Å²) in [5, 5.41) is 0. The van der Waals surface area contributed by atoms with Gasteiger partial charge in [-0.2, -0.15) is 0 Å². The molecule has 0 aromatic carbocycles. The molecule has 0 bridgehead atoms. The number of rotatable bonds is 3. The Kier molecular flexibility index (Phi) is 3.51. The van der Waals surface area contributed by atoms with Crippen LogP contribution in [-0.4, -0.2) is 5.78 Å². The highest BCUT2D eigenvalue weighted by Crippen LogP contribution is 2.25. The van der Waals surface area contributed by atoms with E-state index >= 15 is 0 Å². The molecule has 0 heterocycles. The van der Waals surface area contributed by atoms with Gasteiger partial charge in [-0.15, -0.1) is 6.58 Å². The number of Topliss-reactive ketones (excluding diaryl/α,β-unsaturated/α-hetero) is 1. The van der Waals surface area contributed by atoms with E-state index in [0.717, 1.165) is 32.1 Å². The van der Waals surface area contributed by atoms with Gasteiger partial charge in [0.2, 0.25) is 0 Å². The maximum atomic E-state index is 11.4. The van der Waals surface area contributed by atoms with Crippen LogP contribution in [0, 0.1) is 5.92 Å². The van der Waals surface area contributed by atoms with Crippen molar-refractivity contribution in [2.75, 3.05) is 0 Å². The Labute approximate surface area is 74.9 Å². The molecule has 0 radical (unpaired) electrons. The largest absolute Gasteiger partial charge is 0.299 e. The molecule has 0 aromatic heterocycles. The van der Waals surface area contributed by atoms with Gasteiger partial charge >= 0.3 is 0 Å². The number of carbonyl (C=O) groups is 1. The molecule has 1 heteroatoms. The minimum absolute atomic E-state index is 0.357. The standard InChI is InChI=1S/C11H18O/c1-9(2)7-8-10-5-3-4-6-11(10)12/h10H,1,3-8H2,2H3. The maximum Gasteiger partial charge on any atom is 0.135 e. The van der Waals surface area contributed by atoms with Crippen molar-refractivity contribution in [3.05, 3.63) is 12.2 Å². The normalized spacial score (nSPS) is 24.1. The van der Waals surface area contributed by atoms with Crippen LogP contribution in [0.5, 0.6) is 0 Å². The van der Waals surface area contributed by atoms with Crippen molar-refractivity contribution in [3.8, 4) is 0 Å². The number of carbonyl (C=O) groups excluding carboxylic acids is 1. The molecule has 68 valence electrons. The Morgan fingerprint density at radius 2 is 2.33 bits per heavy atom. The molecule has 1 aliphatic carbocycles. The molecule has 0 spiro atoms. The Morgan fingerprint density at radius 1 is 1.58 bits per heavy atom. The van der Waals surface area contributed by atoms with Crippen LogP contribution in [0.15, 0.2) is 12.2 Å². The minimum Gasteiger partial charge on any atom is -0.299 e. The second-order valence-electron chi connectivity index (χ2n) is 3.90. The third-order valence-electron chi connectivity index (χ3n) is 2.60. The summed E-state index contributed by atoms with van der Waals surface area (Å²) in [4.78, 5) is 11.4. The van der Waals surface area contributed by atoms with Crippen LogP contribution in [0.2, 0.25) is 0 Å². The van der Waals surface area contributed by atoms with E-state index in [2.05, 4.69) is 6.58 Å². The SMILES string of the molecule is C=C(C)CCC1CCCCC1=O. The molecular weight excluding hydrogens is 148 g/mol. The summed E-state index contributed by atoms with van der Waals surface area (Å²) >= 11 is 0. The molecule has 1 atom stereocenters. The average Bonchev–Trinajstić information content (AvgIpc) is 2.03. The summed E-state index contributed by atoms with van der Waals surface area (Å²) < 4.78 is 0. The van der Waals surface area contributed by atoms with Gasteiger partial charge in [-0.05, 0) is 32.6 Å². The van der Waals surface area contributed by atoms with Crippen LogP contribution in [-0.2, 0) is 4.79 Å². The van der Waals surface area contributed by atoms with E-state index in [9.17, 15) is 4.79 Å². The zero-order valence-electron chi connectivity index (χ0n) is 7.94. The molecule has 0 aliphatic heterocycles. The molecule has 1 fully saturated rings. The third-order valence-corrected chi connectivity index (χ3v) is 2.60. The van der Waals surface area contributed by atoms with Crippen LogP contribution in [0.25, 0.3) is 0 Å². The van der Waals surface area contributed by atoms with Crippen LogP contribution in [0.1, 0.15) is 45.4 Å². The van der Waals surface area contributed by atoms with Crippen molar-refractivity contribution in [3.63, 3.8) is 0 Å². The molecule has 12 heavy (non-hydrogen) atoms. The van der Waals surface area contributed by atoms with E-state index in [1.165, 1.54) is 12.0 Å². The van der Waals surface area contributed by atoms with Gasteiger partial charge < -0.3 is 0 Å². The molecule has 1 unspecified atom stereocenters. The molecule has 0 saturated heterocycles. The van der Waals surface area contributed by atoms with E-state index in [0.29, 0.717) is 11.7 Å². The van der Waals surface area contributed by atoms with Crippen LogP contribution in [0.4, 0.5) is 0 Å². The first-order valence-electron chi connectivity index (χ1n) is 4.87. The molecule has 0 N–H and O–H groups in total. The van der Waals surface area contributed by atoms with Gasteiger partial charge in [-0.1, -0.05) is 12.0 Å². The lowest BCUT2D eigenvalue weighted by Crippen LogP contribution is -2.18. The fraction of sp³-hybridized carbons (Fsp3) is 0.727. The van der Waals surface area contributed by atoms with Crippen LogP contribution >= 0.6 is 0 Å². The highest BCUT2D eigenvalue weighted by molar-refractivity contribution is 5.81. The van der Waals surface area contributed by atoms with Gasteiger partial charge in [0.05, 0.1) is 0 Å². The Hall–Kier alpha value is -0.590. The van der Waals surface area contributed by atoms with E-state index in [-0.39, 0.29) is 0 Å². The molecule has 1 aliphatic rings. The topological polar surface area (TPSA) is 17.1 Å². The zero-order chi connectivity index (χ0) is 8.97. The van der Waals surface area contributed by atoms with E-state index in [4.69, 9.17) is 0 Å². The summed E-state index contributed by atoms with van der Waals surface area (Å²) in [7, 11) is 0. The molecule has 1 nitrogen and oxygen atoms in total. The summed E-state index contributed by atoms with van der Waals surface area (Å²) in [5.74, 6) is 0.845. The Morgan fingerprint density at radius 3 is 2.92 bits per heavy atom. The average molecular weight is 166 g/mol. The third kappa shape index (κ3) is 2.80. The molecule has 0 aromatic rings. The van der Waals surface area contributed by atoms with Gasteiger partial charge in [0.25, 0.3) is 0 Å². The van der Waals surface area contributed by atoms with Crippen molar-refractivity contribution in [1.82, 2.24) is 0 Å². The van der Waals surface area contributed by atoms with E-state index < -0.39 is 0 Å². The first kappa shape index (κ1) is 9.50. The highest BCUT2D eigenvalue weighted by atomic mass is 16.1. The number of hydrogen-bond donors (Lipinski definition) is 0. The summed E-state index contributed by atoms with van der Waals surface area (Å²) in [6.07, 6.45) is 6.35. The van der Waals surface area contributed by atoms with E-state index in [1.54, 1.807) is 0 Å². The summed E-state index contributed by atoms with van der Waals surface area (Å²) in [5.41, 5.74) is 1.20. The molecule has 0 amide bonds. The smallest absolute Gasteiger partial charge is 0.135 e. The first-order valence-corrected chi connectivity index (χ1v) is 4.87. The molecule has 1 rings (SSSR count). The summed E-state index contributed by atoms with van der Waals surface area (Å²) in [6.45, 7) is 5.89. The van der Waals surface area contributed by atoms with Gasteiger partial charge in [-0.3, -0.25) is 4.79 Å². The Bertz CT molecular complexity index is 181. The molecular formula is C11H18O. The molecule has 1 saturated carbocycles. The van der Waals surface area contributed by atoms with Crippen molar-refractivity contribution in [1.29, 1.82) is 0 Å². The lowest BCUT2D eigenvalue weighted by molar-refractivity contribution is -0.124. The second kappa shape index (κ2) is 4.44. The van der Waals surface area contributed by atoms with Crippen molar-refractivity contribution < 1.29 is 4.79 Å². The lowest BCUT2D eigenvalue weighted by Gasteiger charge is -2.19. The van der Waals surface area contributed by atoms with Crippen molar-refractivity contribution >= 4 is 5.78 Å².